The minimum atomic E-state index is -0.525. The van der Waals surface area contributed by atoms with Crippen LogP contribution in [0.3, 0.4) is 0 Å². The molecule has 1 aromatic rings. The highest BCUT2D eigenvalue weighted by Gasteiger charge is 2.24. The van der Waals surface area contributed by atoms with Gasteiger partial charge in [-0.1, -0.05) is 46.2 Å². The molecule has 18 heavy (non-hydrogen) atoms. The van der Waals surface area contributed by atoms with E-state index in [9.17, 15) is 5.11 Å². The molecule has 0 radical (unpaired) electrons. The Balaban J connectivity index is 2.94. The van der Waals surface area contributed by atoms with Gasteiger partial charge in [-0.25, -0.2) is 0 Å². The van der Waals surface area contributed by atoms with Crippen LogP contribution >= 0.6 is 11.6 Å². The van der Waals surface area contributed by atoms with Crippen molar-refractivity contribution >= 4 is 11.6 Å². The molecule has 4 heteroatoms. The highest BCUT2D eigenvalue weighted by atomic mass is 35.5. The Labute approximate surface area is 115 Å². The van der Waals surface area contributed by atoms with Crippen molar-refractivity contribution in [2.75, 3.05) is 0 Å². The Morgan fingerprint density at radius 2 is 1.89 bits per heavy atom. The predicted octanol–water partition coefficient (Wildman–Crippen LogP) is 4.06. The second-order valence-corrected chi connectivity index (χ2v) is 6.84. The molecule has 1 unspecified atom stereocenters. The Morgan fingerprint density at radius 1 is 1.33 bits per heavy atom. The maximum Gasteiger partial charge on any atom is 0.132 e. The molecular weight excluding hydrogens is 248 g/mol. The monoisotopic (exact) mass is 272 g/mol. The molecule has 1 atom stereocenters. The quantitative estimate of drug-likeness (QED) is 0.898. The number of aliphatic hydroxyl groups excluding tert-OH is 1. The number of hydrogen-bond donors (Lipinski definition) is 1. The first-order valence-corrected chi connectivity index (χ1v) is 6.91. The fourth-order valence-corrected chi connectivity index (χ4v) is 2.25. The van der Waals surface area contributed by atoms with Gasteiger partial charge in [0, 0.05) is 12.6 Å². The highest BCUT2D eigenvalue weighted by molar-refractivity contribution is 6.30. The highest BCUT2D eigenvalue weighted by Crippen LogP contribution is 2.35. The lowest BCUT2D eigenvalue weighted by atomic mass is 9.87. The maximum atomic E-state index is 10.4. The third-order valence-electron chi connectivity index (χ3n) is 3.09. The molecule has 0 bridgehead atoms. The van der Waals surface area contributed by atoms with Crippen LogP contribution < -0.4 is 0 Å². The van der Waals surface area contributed by atoms with Crippen molar-refractivity contribution in [1.82, 2.24) is 9.78 Å². The molecule has 104 valence electrons. The van der Waals surface area contributed by atoms with E-state index in [2.05, 4.69) is 39.7 Å². The summed E-state index contributed by atoms with van der Waals surface area (Å²) in [7, 11) is 1.81. The van der Waals surface area contributed by atoms with Gasteiger partial charge in [-0.05, 0) is 24.2 Å². The van der Waals surface area contributed by atoms with Crippen LogP contribution in [0.5, 0.6) is 0 Å². The van der Waals surface area contributed by atoms with Crippen LogP contribution in [0, 0.1) is 5.41 Å². The summed E-state index contributed by atoms with van der Waals surface area (Å²) in [5, 5.41) is 15.3. The number of nitrogens with zero attached hydrogens (tertiary/aromatic N) is 2. The average molecular weight is 273 g/mol. The minimum Gasteiger partial charge on any atom is -0.388 e. The molecule has 0 fully saturated rings. The van der Waals surface area contributed by atoms with Gasteiger partial charge in [0.1, 0.15) is 5.15 Å². The first kappa shape index (κ1) is 15.5. The molecule has 0 saturated heterocycles. The lowest BCUT2D eigenvalue weighted by Gasteiger charge is -2.21. The molecule has 0 aliphatic carbocycles. The maximum absolute atomic E-state index is 10.4. The van der Waals surface area contributed by atoms with E-state index in [1.165, 1.54) is 0 Å². The van der Waals surface area contributed by atoms with Crippen LogP contribution in [0.25, 0.3) is 0 Å². The summed E-state index contributed by atoms with van der Waals surface area (Å²) in [5.74, 6) is 0.267. The van der Waals surface area contributed by atoms with E-state index in [0.717, 1.165) is 17.7 Å². The van der Waals surface area contributed by atoms with Gasteiger partial charge < -0.3 is 5.11 Å². The van der Waals surface area contributed by atoms with E-state index in [-0.39, 0.29) is 11.3 Å². The lowest BCUT2D eigenvalue weighted by molar-refractivity contribution is 0.146. The molecule has 0 amide bonds. The van der Waals surface area contributed by atoms with E-state index in [1.807, 2.05) is 7.05 Å². The molecular formula is C14H25ClN2O. The Morgan fingerprint density at radius 3 is 2.33 bits per heavy atom. The molecule has 1 heterocycles. The summed E-state index contributed by atoms with van der Waals surface area (Å²) < 4.78 is 1.65. The molecule has 0 aromatic carbocycles. The largest absolute Gasteiger partial charge is 0.388 e. The van der Waals surface area contributed by atoms with Crippen molar-refractivity contribution in [2.45, 2.75) is 59.5 Å². The minimum absolute atomic E-state index is 0.216. The average Bonchev–Trinajstić information content (AvgIpc) is 2.51. The Hall–Kier alpha value is -0.540. The van der Waals surface area contributed by atoms with Crippen LogP contribution in [0.15, 0.2) is 0 Å². The van der Waals surface area contributed by atoms with Crippen molar-refractivity contribution in [3.8, 4) is 0 Å². The van der Waals surface area contributed by atoms with Crippen molar-refractivity contribution in [3.05, 3.63) is 16.4 Å². The SMILES string of the molecule is CC(C)c1nn(C)c(Cl)c1C(O)CCC(C)(C)C. The summed E-state index contributed by atoms with van der Waals surface area (Å²) in [4.78, 5) is 0. The number of halogens is 1. The molecule has 1 N–H and O–H groups in total. The zero-order valence-electron chi connectivity index (χ0n) is 12.3. The van der Waals surface area contributed by atoms with Gasteiger partial charge in [-0.15, -0.1) is 0 Å². The molecule has 3 nitrogen and oxygen atoms in total. The molecule has 0 saturated carbocycles. The van der Waals surface area contributed by atoms with Crippen LogP contribution in [-0.2, 0) is 7.05 Å². The van der Waals surface area contributed by atoms with Gasteiger partial charge in [-0.3, -0.25) is 4.68 Å². The van der Waals surface area contributed by atoms with E-state index in [0.29, 0.717) is 11.6 Å². The van der Waals surface area contributed by atoms with E-state index in [4.69, 9.17) is 11.6 Å². The number of aliphatic hydroxyl groups is 1. The normalized spacial score (nSPS) is 14.3. The fourth-order valence-electron chi connectivity index (χ4n) is 1.99. The molecule has 1 rings (SSSR count). The topological polar surface area (TPSA) is 38.0 Å². The predicted molar refractivity (Wildman–Crippen MR) is 76.0 cm³/mol. The van der Waals surface area contributed by atoms with Crippen molar-refractivity contribution in [3.63, 3.8) is 0 Å². The van der Waals surface area contributed by atoms with E-state index >= 15 is 0 Å². The van der Waals surface area contributed by atoms with Crippen LogP contribution in [0.2, 0.25) is 5.15 Å². The summed E-state index contributed by atoms with van der Waals surface area (Å²) >= 11 is 6.24. The molecule has 0 aliphatic heterocycles. The van der Waals surface area contributed by atoms with Gasteiger partial charge in [0.25, 0.3) is 0 Å². The van der Waals surface area contributed by atoms with Crippen molar-refractivity contribution in [1.29, 1.82) is 0 Å². The van der Waals surface area contributed by atoms with Crippen LogP contribution in [-0.4, -0.2) is 14.9 Å². The second-order valence-electron chi connectivity index (χ2n) is 6.48. The van der Waals surface area contributed by atoms with Crippen molar-refractivity contribution in [2.24, 2.45) is 12.5 Å². The van der Waals surface area contributed by atoms with E-state index in [1.54, 1.807) is 4.68 Å². The summed E-state index contributed by atoms with van der Waals surface area (Å²) in [6.07, 6.45) is 1.15. The first-order valence-electron chi connectivity index (χ1n) is 6.54. The lowest BCUT2D eigenvalue weighted by Crippen LogP contribution is -2.09. The smallest absolute Gasteiger partial charge is 0.132 e. The Bertz CT molecular complexity index is 405. The number of hydrogen-bond acceptors (Lipinski definition) is 2. The summed E-state index contributed by atoms with van der Waals surface area (Å²) in [6, 6.07) is 0. The van der Waals surface area contributed by atoms with Gasteiger partial charge in [0.15, 0.2) is 0 Å². The van der Waals surface area contributed by atoms with Crippen LogP contribution in [0.4, 0.5) is 0 Å². The molecule has 0 spiro atoms. The summed E-state index contributed by atoms with van der Waals surface area (Å²) in [5.41, 5.74) is 1.93. The first-order chi connectivity index (χ1) is 8.13. The zero-order valence-corrected chi connectivity index (χ0v) is 13.0. The van der Waals surface area contributed by atoms with Gasteiger partial charge in [-0.2, -0.15) is 5.10 Å². The second kappa shape index (κ2) is 5.62. The van der Waals surface area contributed by atoms with E-state index < -0.39 is 6.10 Å². The van der Waals surface area contributed by atoms with Crippen LogP contribution in [0.1, 0.15) is 70.7 Å². The third-order valence-corrected chi connectivity index (χ3v) is 3.54. The molecule has 1 aromatic heterocycles. The van der Waals surface area contributed by atoms with Gasteiger partial charge in [0.05, 0.1) is 11.8 Å². The molecule has 0 aliphatic rings. The number of rotatable bonds is 4. The standard InChI is InChI=1S/C14H25ClN2O/c1-9(2)12-11(13(15)17(6)16-12)10(18)7-8-14(3,4)5/h9-10,18H,7-8H2,1-6H3. The van der Waals surface area contributed by atoms with Crippen molar-refractivity contribution < 1.29 is 5.11 Å². The van der Waals surface area contributed by atoms with Gasteiger partial charge >= 0.3 is 0 Å². The van der Waals surface area contributed by atoms with Gasteiger partial charge in [0.2, 0.25) is 0 Å². The number of aryl methyl sites for hydroxylation is 1. The third kappa shape index (κ3) is 3.72. The summed E-state index contributed by atoms with van der Waals surface area (Å²) in [6.45, 7) is 10.7. The number of aromatic nitrogens is 2. The Kier molecular flexibility index (Phi) is 4.84. The zero-order chi connectivity index (χ0) is 14.1. The fraction of sp³-hybridized carbons (Fsp3) is 0.786.